The number of allylic oxidation sites excluding steroid dienone is 1. The van der Waals surface area contributed by atoms with Gasteiger partial charge in [0.2, 0.25) is 0 Å². The van der Waals surface area contributed by atoms with Gasteiger partial charge in [0.1, 0.15) is 5.37 Å². The number of benzene rings is 6. The van der Waals surface area contributed by atoms with Gasteiger partial charge in [-0.25, -0.2) is 24.9 Å². The molecule has 2 aliphatic rings. The molecular formula is C47H30N6S. The molecule has 6 aromatic carbocycles. The molecule has 0 saturated carbocycles. The summed E-state index contributed by atoms with van der Waals surface area (Å²) in [6.07, 6.45) is 2.19. The molecule has 8 aromatic rings. The molecule has 4 heterocycles. The Bertz CT molecular complexity index is 2720. The first-order chi connectivity index (χ1) is 26.7. The number of hydrogen-bond donors (Lipinski definition) is 0. The van der Waals surface area contributed by atoms with Gasteiger partial charge in [-0.15, -0.1) is 0 Å². The molecule has 1 unspecified atom stereocenters. The summed E-state index contributed by atoms with van der Waals surface area (Å²) >= 11 is 1.72. The first-order valence-electron chi connectivity index (χ1n) is 17.8. The Hall–Kier alpha value is -6.83. The molecule has 0 N–H and O–H groups in total. The first-order valence-corrected chi connectivity index (χ1v) is 18.7. The van der Waals surface area contributed by atoms with Crippen LogP contribution in [0.4, 0.5) is 0 Å². The highest BCUT2D eigenvalue weighted by Gasteiger charge is 2.36. The smallest absolute Gasteiger partial charge is 0.164 e. The molecule has 0 radical (unpaired) electrons. The van der Waals surface area contributed by atoms with E-state index in [9.17, 15) is 0 Å². The molecule has 10 rings (SSSR count). The second-order valence-corrected chi connectivity index (χ2v) is 14.2. The zero-order valence-corrected chi connectivity index (χ0v) is 29.7. The van der Waals surface area contributed by atoms with E-state index in [0.717, 1.165) is 72.1 Å². The molecule has 54 heavy (non-hydrogen) atoms. The third kappa shape index (κ3) is 6.00. The van der Waals surface area contributed by atoms with Crippen molar-refractivity contribution >= 4 is 23.0 Å². The van der Waals surface area contributed by atoms with Gasteiger partial charge in [-0.2, -0.15) is 0 Å². The largest absolute Gasteiger partial charge is 0.265 e. The minimum absolute atomic E-state index is 0.0611. The standard InChI is InChI=1S/C47H30N6S/c1-5-14-30(15-6-1)36-22-13-23-37(28-36)46-52-44(34-20-11-4-12-21-34)51-45(53-46)35-26-24-32(25-27-35)40-42-41(50-43(49-40)33-18-9-3-10-19-33)38-29-39(48-47(38)54-42)31-16-7-2-8-17-31/h1-29,47H. The van der Waals surface area contributed by atoms with Crippen LogP contribution in [0.5, 0.6) is 0 Å². The van der Waals surface area contributed by atoms with Crippen LogP contribution >= 0.6 is 11.8 Å². The number of aliphatic imine (C=N–C) groups is 1. The van der Waals surface area contributed by atoms with Crippen molar-refractivity contribution in [3.8, 4) is 67.9 Å². The van der Waals surface area contributed by atoms with Crippen LogP contribution in [0.3, 0.4) is 0 Å². The predicted octanol–water partition coefficient (Wildman–Crippen LogP) is 11.0. The fourth-order valence-electron chi connectivity index (χ4n) is 6.87. The van der Waals surface area contributed by atoms with Gasteiger partial charge >= 0.3 is 0 Å². The van der Waals surface area contributed by atoms with Gasteiger partial charge < -0.3 is 0 Å². The summed E-state index contributed by atoms with van der Waals surface area (Å²) in [5.41, 5.74) is 12.0. The Balaban J connectivity index is 1.06. The summed E-state index contributed by atoms with van der Waals surface area (Å²) < 4.78 is 0. The highest BCUT2D eigenvalue weighted by molar-refractivity contribution is 8.01. The molecule has 1 atom stereocenters. The first kappa shape index (κ1) is 31.9. The van der Waals surface area contributed by atoms with E-state index in [0.29, 0.717) is 23.3 Å². The lowest BCUT2D eigenvalue weighted by atomic mass is 10.0. The number of nitrogens with zero attached hydrogens (tertiary/aromatic N) is 6. The maximum atomic E-state index is 5.18. The Morgan fingerprint density at radius 1 is 0.352 bits per heavy atom. The van der Waals surface area contributed by atoms with Crippen molar-refractivity contribution in [2.24, 2.45) is 4.99 Å². The van der Waals surface area contributed by atoms with Gasteiger partial charge in [0.05, 0.1) is 22.0 Å². The van der Waals surface area contributed by atoms with E-state index >= 15 is 0 Å². The van der Waals surface area contributed by atoms with Gasteiger partial charge in [-0.3, -0.25) is 4.99 Å². The highest BCUT2D eigenvalue weighted by Crippen LogP contribution is 2.51. The van der Waals surface area contributed by atoms with Crippen molar-refractivity contribution in [3.05, 3.63) is 187 Å². The van der Waals surface area contributed by atoms with Crippen LogP contribution in [0.25, 0.3) is 73.5 Å². The highest BCUT2D eigenvalue weighted by atomic mass is 32.2. The fraction of sp³-hybridized carbons (Fsp3) is 0.0213. The predicted molar refractivity (Wildman–Crippen MR) is 219 cm³/mol. The van der Waals surface area contributed by atoms with Gasteiger partial charge in [0.25, 0.3) is 0 Å². The molecule has 7 heteroatoms. The van der Waals surface area contributed by atoms with E-state index in [4.69, 9.17) is 29.9 Å². The lowest BCUT2D eigenvalue weighted by Gasteiger charge is -2.12. The SMILES string of the molecule is C1=C2c3nc(-c4ccccc4)nc(-c4ccc(-c5nc(-c6ccccc6)nc(-c6cccc(-c7ccccc7)c6)n5)cc4)c3SC2N=C1c1ccccc1. The Labute approximate surface area is 317 Å². The van der Waals surface area contributed by atoms with Crippen molar-refractivity contribution in [1.82, 2.24) is 24.9 Å². The van der Waals surface area contributed by atoms with Crippen LogP contribution in [-0.4, -0.2) is 36.0 Å². The van der Waals surface area contributed by atoms with Gasteiger partial charge in [0, 0.05) is 33.4 Å². The van der Waals surface area contributed by atoms with E-state index in [1.807, 2.05) is 72.8 Å². The molecule has 0 spiro atoms. The number of aromatic nitrogens is 5. The molecule has 6 nitrogen and oxygen atoms in total. The molecule has 0 saturated heterocycles. The monoisotopic (exact) mass is 710 g/mol. The number of rotatable bonds is 7. The van der Waals surface area contributed by atoms with Crippen LogP contribution in [0.2, 0.25) is 0 Å². The second-order valence-electron chi connectivity index (χ2n) is 13.1. The zero-order valence-electron chi connectivity index (χ0n) is 28.9. The normalized spacial score (nSPS) is 14.3. The average Bonchev–Trinajstić information content (AvgIpc) is 3.84. The summed E-state index contributed by atoms with van der Waals surface area (Å²) in [6.45, 7) is 0. The van der Waals surface area contributed by atoms with Crippen LogP contribution < -0.4 is 0 Å². The van der Waals surface area contributed by atoms with Crippen molar-refractivity contribution in [1.29, 1.82) is 0 Å². The minimum atomic E-state index is -0.0611. The Morgan fingerprint density at radius 3 is 1.41 bits per heavy atom. The lowest BCUT2D eigenvalue weighted by Crippen LogP contribution is -2.01. The maximum absolute atomic E-state index is 5.18. The van der Waals surface area contributed by atoms with Crippen LogP contribution in [0.1, 0.15) is 11.3 Å². The van der Waals surface area contributed by atoms with Crippen LogP contribution in [0, 0.1) is 0 Å². The third-order valence-corrected chi connectivity index (χ3v) is 10.8. The topological polar surface area (TPSA) is 76.8 Å². The van der Waals surface area contributed by atoms with Gasteiger partial charge in [-0.1, -0.05) is 176 Å². The fourth-order valence-corrected chi connectivity index (χ4v) is 8.12. The molecule has 0 amide bonds. The van der Waals surface area contributed by atoms with Crippen LogP contribution in [0.15, 0.2) is 186 Å². The summed E-state index contributed by atoms with van der Waals surface area (Å²) in [5.74, 6) is 2.53. The summed E-state index contributed by atoms with van der Waals surface area (Å²) in [6, 6.07) is 57.6. The summed E-state index contributed by atoms with van der Waals surface area (Å²) in [7, 11) is 0. The third-order valence-electron chi connectivity index (χ3n) is 9.60. The molecule has 0 fully saturated rings. The van der Waals surface area contributed by atoms with Crippen LogP contribution in [-0.2, 0) is 0 Å². The molecule has 0 aliphatic carbocycles. The summed E-state index contributed by atoms with van der Waals surface area (Å²) in [4.78, 5) is 31.5. The van der Waals surface area contributed by atoms with Crippen molar-refractivity contribution in [2.45, 2.75) is 10.3 Å². The van der Waals surface area contributed by atoms with E-state index in [1.54, 1.807) is 11.8 Å². The molecule has 254 valence electrons. The van der Waals surface area contributed by atoms with Crippen molar-refractivity contribution in [3.63, 3.8) is 0 Å². The zero-order chi connectivity index (χ0) is 35.8. The minimum Gasteiger partial charge on any atom is -0.265 e. The van der Waals surface area contributed by atoms with E-state index < -0.39 is 0 Å². The number of thioether (sulfide) groups is 1. The number of hydrogen-bond acceptors (Lipinski definition) is 7. The lowest BCUT2D eigenvalue weighted by molar-refractivity contribution is 1.07. The van der Waals surface area contributed by atoms with E-state index in [1.165, 1.54) is 0 Å². The number of fused-ring (bicyclic) bond motifs is 3. The van der Waals surface area contributed by atoms with Gasteiger partial charge in [0.15, 0.2) is 23.3 Å². The Morgan fingerprint density at radius 2 is 0.796 bits per heavy atom. The van der Waals surface area contributed by atoms with Crippen molar-refractivity contribution in [2.75, 3.05) is 0 Å². The summed E-state index contributed by atoms with van der Waals surface area (Å²) in [5, 5.41) is -0.0611. The maximum Gasteiger partial charge on any atom is 0.164 e. The quantitative estimate of drug-likeness (QED) is 0.164. The Kier molecular flexibility index (Phi) is 8.04. The second kappa shape index (κ2) is 13.6. The molecular weight excluding hydrogens is 681 g/mol. The van der Waals surface area contributed by atoms with Gasteiger partial charge in [-0.05, 0) is 28.8 Å². The molecule has 2 aliphatic heterocycles. The molecule has 0 bridgehead atoms. The van der Waals surface area contributed by atoms with Crippen molar-refractivity contribution < 1.29 is 0 Å². The molecule has 2 aromatic heterocycles. The van der Waals surface area contributed by atoms with E-state index in [-0.39, 0.29) is 5.37 Å². The average molecular weight is 711 g/mol. The van der Waals surface area contributed by atoms with E-state index in [2.05, 4.69) is 103 Å².